The lowest BCUT2D eigenvalue weighted by atomic mass is 10.0. The van der Waals surface area contributed by atoms with Gasteiger partial charge in [0.15, 0.2) is 0 Å². The number of rotatable bonds is 9. The second kappa shape index (κ2) is 15.0. The summed E-state index contributed by atoms with van der Waals surface area (Å²) < 4.78 is 2.42. The van der Waals surface area contributed by atoms with E-state index < -0.39 is 0 Å². The zero-order chi connectivity index (χ0) is 38.0. The maximum Gasteiger partial charge on any atom is 0.0547 e. The van der Waals surface area contributed by atoms with Crippen LogP contribution in [0.4, 0.5) is 28.4 Å². The van der Waals surface area contributed by atoms with Crippen molar-refractivity contribution in [3.63, 3.8) is 0 Å². The minimum Gasteiger partial charge on any atom is -0.345 e. The van der Waals surface area contributed by atoms with Crippen molar-refractivity contribution in [2.24, 2.45) is 0 Å². The van der Waals surface area contributed by atoms with Gasteiger partial charge in [-0.1, -0.05) is 121 Å². The monoisotopic (exact) mass is 721 g/mol. The third-order valence-electron chi connectivity index (χ3n) is 10.9. The fraction of sp³-hybridized carbons (Fsp3) is 0.0566. The molecule has 0 N–H and O–H groups in total. The van der Waals surface area contributed by atoms with Crippen molar-refractivity contribution in [2.45, 2.75) is 13.8 Å². The molecule has 0 aliphatic heterocycles. The second-order valence-corrected chi connectivity index (χ2v) is 14.2. The molecule has 0 aliphatic rings. The van der Waals surface area contributed by atoms with Crippen LogP contribution in [0.5, 0.6) is 0 Å². The van der Waals surface area contributed by atoms with Crippen LogP contribution in [0.25, 0.3) is 55.0 Å². The molecule has 0 saturated carbocycles. The first-order chi connectivity index (χ1) is 27.6. The lowest BCUT2D eigenvalue weighted by molar-refractivity contribution is 1.18. The molecule has 0 radical (unpaired) electrons. The van der Waals surface area contributed by atoms with Crippen molar-refractivity contribution >= 4 is 66.6 Å². The SMILES string of the molecule is C/C=C\C(=C/C)c1ccc(-n2c3ccc(N(c4ccccc4)c4ccc(-c5ccc(N(C)c6ccccc6)cc5)cc4)cc3c3c4ccccc4ccc32)cc1. The highest BCUT2D eigenvalue weighted by Crippen LogP contribution is 2.42. The number of nitrogens with zero attached hydrogens (tertiary/aromatic N) is 3. The second-order valence-electron chi connectivity index (χ2n) is 14.2. The summed E-state index contributed by atoms with van der Waals surface area (Å²) in [5.74, 6) is 0. The Labute approximate surface area is 329 Å². The number of hydrogen-bond donors (Lipinski definition) is 0. The lowest BCUT2D eigenvalue weighted by Gasteiger charge is -2.26. The van der Waals surface area contributed by atoms with E-state index in [0.717, 1.165) is 28.4 Å². The van der Waals surface area contributed by atoms with Crippen LogP contribution in [0.3, 0.4) is 0 Å². The van der Waals surface area contributed by atoms with Gasteiger partial charge in [0.25, 0.3) is 0 Å². The van der Waals surface area contributed by atoms with Crippen LogP contribution in [-0.4, -0.2) is 11.6 Å². The molecule has 0 unspecified atom stereocenters. The number of para-hydroxylation sites is 2. The summed E-state index contributed by atoms with van der Waals surface area (Å²) in [7, 11) is 2.11. The Bertz CT molecular complexity index is 2850. The molecule has 9 aromatic rings. The molecule has 0 aliphatic carbocycles. The van der Waals surface area contributed by atoms with Crippen molar-refractivity contribution in [1.82, 2.24) is 4.57 Å². The number of hydrogen-bond acceptors (Lipinski definition) is 2. The molecule has 1 aromatic heterocycles. The standard InChI is InChI=1S/C53H43N3/c1-4-14-38(5-2)39-23-32-47(33-24-39)56-51-36-34-48(37-50(51)53-49-20-13-12-15-42(49)27-35-52(53)56)55(45-18-10-7-11-19-45)46-30-25-41(26-31-46)40-21-28-44(29-22-40)54(3)43-16-8-6-9-17-43/h4-37H,1-3H3/b14-4-,38-5+. The topological polar surface area (TPSA) is 11.4 Å². The first-order valence-electron chi connectivity index (χ1n) is 19.3. The Morgan fingerprint density at radius 3 is 1.70 bits per heavy atom. The van der Waals surface area contributed by atoms with Crippen LogP contribution in [0.15, 0.2) is 206 Å². The van der Waals surface area contributed by atoms with Crippen molar-refractivity contribution in [3.8, 4) is 16.8 Å². The van der Waals surface area contributed by atoms with Gasteiger partial charge in [-0.05, 0) is 132 Å². The molecule has 0 bridgehead atoms. The van der Waals surface area contributed by atoms with Gasteiger partial charge >= 0.3 is 0 Å². The summed E-state index contributed by atoms with van der Waals surface area (Å²) in [6, 6.07) is 68.1. The molecular formula is C53H43N3. The molecule has 0 spiro atoms. The number of anilines is 5. The number of aromatic nitrogens is 1. The van der Waals surface area contributed by atoms with E-state index in [-0.39, 0.29) is 0 Å². The molecule has 0 saturated heterocycles. The van der Waals surface area contributed by atoms with Crippen LogP contribution >= 0.6 is 0 Å². The zero-order valence-electron chi connectivity index (χ0n) is 32.0. The van der Waals surface area contributed by atoms with Gasteiger partial charge in [-0.2, -0.15) is 0 Å². The van der Waals surface area contributed by atoms with Crippen LogP contribution in [0, 0.1) is 0 Å². The summed E-state index contributed by atoms with van der Waals surface area (Å²) in [6.07, 6.45) is 6.42. The highest BCUT2D eigenvalue weighted by Gasteiger charge is 2.19. The molecule has 0 atom stereocenters. The molecule has 56 heavy (non-hydrogen) atoms. The summed E-state index contributed by atoms with van der Waals surface area (Å²) >= 11 is 0. The van der Waals surface area contributed by atoms with E-state index in [1.54, 1.807) is 0 Å². The van der Waals surface area contributed by atoms with Gasteiger partial charge in [-0.3, -0.25) is 0 Å². The molecule has 270 valence electrons. The van der Waals surface area contributed by atoms with Gasteiger partial charge in [0, 0.05) is 51.9 Å². The Morgan fingerprint density at radius 2 is 1.04 bits per heavy atom. The van der Waals surface area contributed by atoms with E-state index in [1.165, 1.54) is 60.5 Å². The van der Waals surface area contributed by atoms with Gasteiger partial charge in [0.2, 0.25) is 0 Å². The summed E-state index contributed by atoms with van der Waals surface area (Å²) in [5.41, 5.74) is 13.9. The first-order valence-corrected chi connectivity index (χ1v) is 19.3. The fourth-order valence-electron chi connectivity index (χ4n) is 8.04. The van der Waals surface area contributed by atoms with Crippen molar-refractivity contribution < 1.29 is 0 Å². The Morgan fingerprint density at radius 1 is 0.482 bits per heavy atom. The predicted molar refractivity (Wildman–Crippen MR) is 241 cm³/mol. The summed E-state index contributed by atoms with van der Waals surface area (Å²) in [6.45, 7) is 4.16. The molecule has 0 fully saturated rings. The third kappa shape index (κ3) is 6.33. The van der Waals surface area contributed by atoms with E-state index in [0.29, 0.717) is 0 Å². The van der Waals surface area contributed by atoms with E-state index in [9.17, 15) is 0 Å². The van der Waals surface area contributed by atoms with E-state index in [2.05, 4.69) is 242 Å². The Kier molecular flexibility index (Phi) is 9.26. The van der Waals surface area contributed by atoms with Crippen molar-refractivity contribution in [1.29, 1.82) is 0 Å². The zero-order valence-corrected chi connectivity index (χ0v) is 32.0. The van der Waals surface area contributed by atoms with Gasteiger partial charge in [0.1, 0.15) is 0 Å². The minimum absolute atomic E-state index is 1.10. The highest BCUT2D eigenvalue weighted by atomic mass is 15.1. The van der Waals surface area contributed by atoms with Gasteiger partial charge in [-0.15, -0.1) is 0 Å². The maximum atomic E-state index is 2.42. The lowest BCUT2D eigenvalue weighted by Crippen LogP contribution is -2.09. The summed E-state index contributed by atoms with van der Waals surface area (Å²) in [4.78, 5) is 4.58. The van der Waals surface area contributed by atoms with Crippen molar-refractivity contribution in [3.05, 3.63) is 212 Å². The van der Waals surface area contributed by atoms with Crippen LogP contribution in [-0.2, 0) is 0 Å². The van der Waals surface area contributed by atoms with Crippen LogP contribution in [0.1, 0.15) is 19.4 Å². The summed E-state index contributed by atoms with van der Waals surface area (Å²) in [5, 5.41) is 4.97. The number of allylic oxidation sites excluding steroid dienone is 4. The van der Waals surface area contributed by atoms with Gasteiger partial charge < -0.3 is 14.4 Å². The third-order valence-corrected chi connectivity index (χ3v) is 10.9. The molecule has 1 heterocycles. The van der Waals surface area contributed by atoms with Gasteiger partial charge in [0.05, 0.1) is 11.0 Å². The van der Waals surface area contributed by atoms with Crippen LogP contribution in [0.2, 0.25) is 0 Å². The van der Waals surface area contributed by atoms with E-state index in [1.807, 2.05) is 0 Å². The largest absolute Gasteiger partial charge is 0.345 e. The van der Waals surface area contributed by atoms with Crippen LogP contribution < -0.4 is 9.80 Å². The maximum absolute atomic E-state index is 2.42. The Hall–Kier alpha value is -7.10. The molecule has 8 aromatic carbocycles. The number of fused-ring (bicyclic) bond motifs is 5. The average molecular weight is 722 g/mol. The van der Waals surface area contributed by atoms with E-state index in [4.69, 9.17) is 0 Å². The molecule has 3 heteroatoms. The first kappa shape index (κ1) is 34.7. The Balaban J connectivity index is 1.14. The quantitative estimate of drug-likeness (QED) is 0.138. The minimum atomic E-state index is 1.10. The van der Waals surface area contributed by atoms with Gasteiger partial charge in [-0.25, -0.2) is 0 Å². The molecule has 0 amide bonds. The smallest absolute Gasteiger partial charge is 0.0547 e. The fourth-order valence-corrected chi connectivity index (χ4v) is 8.04. The average Bonchev–Trinajstić information content (AvgIpc) is 3.61. The van der Waals surface area contributed by atoms with E-state index >= 15 is 0 Å². The van der Waals surface area contributed by atoms with Crippen molar-refractivity contribution in [2.75, 3.05) is 16.8 Å². The predicted octanol–water partition coefficient (Wildman–Crippen LogP) is 14.8. The molecular weight excluding hydrogens is 679 g/mol. The number of benzene rings is 8. The molecule has 3 nitrogen and oxygen atoms in total. The molecule has 9 rings (SSSR count). The normalized spacial score (nSPS) is 11.9. The highest BCUT2D eigenvalue weighted by molar-refractivity contribution is 6.22.